The number of aliphatic carboxylic acids is 1. The molecule has 7 nitrogen and oxygen atoms in total. The first kappa shape index (κ1) is 23.8. The molecule has 0 unspecified atom stereocenters. The second-order valence-corrected chi connectivity index (χ2v) is 7.97. The Labute approximate surface area is 198 Å². The largest absolute Gasteiger partial charge is 0.481 e. The van der Waals surface area contributed by atoms with Crippen molar-refractivity contribution in [3.8, 4) is 22.6 Å². The van der Waals surface area contributed by atoms with Crippen LogP contribution >= 0.6 is 0 Å². The smallest absolute Gasteiger partial charge is 0.450 e. The number of nitrogens with zero attached hydrogens (tertiary/aromatic N) is 3. The van der Waals surface area contributed by atoms with Crippen molar-refractivity contribution in [1.82, 2.24) is 14.1 Å². The second-order valence-electron chi connectivity index (χ2n) is 7.97. The van der Waals surface area contributed by atoms with Gasteiger partial charge in [0.2, 0.25) is 11.7 Å². The topological polar surface area (TPSA) is 103 Å². The third-order valence-electron chi connectivity index (χ3n) is 5.61. The van der Waals surface area contributed by atoms with Crippen LogP contribution in [0.5, 0.6) is 0 Å². The van der Waals surface area contributed by atoms with Crippen molar-refractivity contribution in [2.24, 2.45) is 5.73 Å². The van der Waals surface area contributed by atoms with E-state index in [2.05, 4.69) is 4.98 Å². The Morgan fingerprint density at radius 3 is 2.37 bits per heavy atom. The number of benzene rings is 2. The zero-order chi connectivity index (χ0) is 25.3. The first-order valence-corrected chi connectivity index (χ1v) is 10.6. The number of carbonyl (C=O) groups excluding carboxylic acids is 1. The maximum Gasteiger partial charge on any atom is 0.450 e. The van der Waals surface area contributed by atoms with Crippen LogP contribution in [0.1, 0.15) is 33.9 Å². The van der Waals surface area contributed by atoms with Crippen LogP contribution in [0.3, 0.4) is 0 Å². The molecule has 0 fully saturated rings. The van der Waals surface area contributed by atoms with E-state index in [1.54, 1.807) is 42.5 Å². The van der Waals surface area contributed by atoms with Crippen LogP contribution in [-0.4, -0.2) is 31.1 Å². The highest BCUT2D eigenvalue weighted by molar-refractivity contribution is 5.93. The first-order valence-electron chi connectivity index (χ1n) is 10.6. The molecule has 2 aromatic carbocycles. The Kier molecular flexibility index (Phi) is 6.21. The third kappa shape index (κ3) is 4.81. The van der Waals surface area contributed by atoms with Crippen LogP contribution in [0.2, 0.25) is 0 Å². The van der Waals surface area contributed by atoms with Gasteiger partial charge in [-0.1, -0.05) is 12.1 Å². The van der Waals surface area contributed by atoms with Gasteiger partial charge in [0.25, 0.3) is 0 Å². The van der Waals surface area contributed by atoms with E-state index in [-0.39, 0.29) is 12.8 Å². The predicted molar refractivity (Wildman–Crippen MR) is 123 cm³/mol. The number of primary amides is 1. The molecule has 3 N–H and O–H groups in total. The van der Waals surface area contributed by atoms with E-state index in [9.17, 15) is 22.8 Å². The van der Waals surface area contributed by atoms with Crippen molar-refractivity contribution in [1.29, 1.82) is 0 Å². The number of carboxylic acid groups (broad SMARTS) is 1. The number of nitrogens with two attached hydrogens (primary N) is 1. The zero-order valence-electron chi connectivity index (χ0n) is 18.6. The standard InChI is InChI=1S/C25H21F3N4O3/c1-15-14-17(23(29)35)4-9-20(15)32-19(8-11-22(33)34)7-10-21(32)16-2-5-18(6-3-16)31-13-12-30-24(31)25(26,27)28/h2-7,9-10,12-14H,8,11H2,1H3,(H2,29,35)(H,33,34). The molecule has 2 heterocycles. The molecule has 0 bridgehead atoms. The highest BCUT2D eigenvalue weighted by Crippen LogP contribution is 2.32. The summed E-state index contributed by atoms with van der Waals surface area (Å²) in [5.74, 6) is -2.52. The van der Waals surface area contributed by atoms with E-state index in [1.807, 2.05) is 23.6 Å². The van der Waals surface area contributed by atoms with E-state index < -0.39 is 23.9 Å². The van der Waals surface area contributed by atoms with Crippen molar-refractivity contribution in [2.75, 3.05) is 0 Å². The number of rotatable bonds is 7. The highest BCUT2D eigenvalue weighted by Gasteiger charge is 2.36. The number of alkyl halides is 3. The molecule has 0 aliphatic carbocycles. The van der Waals surface area contributed by atoms with E-state index in [4.69, 9.17) is 10.8 Å². The van der Waals surface area contributed by atoms with Crippen molar-refractivity contribution in [2.45, 2.75) is 25.9 Å². The van der Waals surface area contributed by atoms with Crippen LogP contribution in [0.25, 0.3) is 22.6 Å². The van der Waals surface area contributed by atoms with Crippen LogP contribution in [0.4, 0.5) is 13.2 Å². The summed E-state index contributed by atoms with van der Waals surface area (Å²) in [6.07, 6.45) is -2.08. The highest BCUT2D eigenvalue weighted by atomic mass is 19.4. The number of halogens is 3. The summed E-state index contributed by atoms with van der Waals surface area (Å²) in [7, 11) is 0. The molecule has 10 heteroatoms. The van der Waals surface area contributed by atoms with Gasteiger partial charge in [-0.15, -0.1) is 0 Å². The quantitative estimate of drug-likeness (QED) is 0.396. The number of carboxylic acids is 1. The predicted octanol–water partition coefficient (Wildman–Crippen LogP) is 4.77. The molecule has 0 aliphatic heterocycles. The summed E-state index contributed by atoms with van der Waals surface area (Å²) in [5, 5.41) is 9.16. The molecule has 0 saturated carbocycles. The molecule has 0 radical (unpaired) electrons. The van der Waals surface area contributed by atoms with Gasteiger partial charge in [0.05, 0.1) is 12.1 Å². The van der Waals surface area contributed by atoms with Gasteiger partial charge < -0.3 is 15.4 Å². The minimum Gasteiger partial charge on any atom is -0.481 e. The number of hydrogen-bond acceptors (Lipinski definition) is 3. The Balaban J connectivity index is 1.79. The van der Waals surface area contributed by atoms with Gasteiger partial charge in [0, 0.05) is 35.0 Å². The van der Waals surface area contributed by atoms with Crippen molar-refractivity contribution in [3.63, 3.8) is 0 Å². The summed E-state index contributed by atoms with van der Waals surface area (Å²) in [6, 6.07) is 15.1. The normalized spacial score (nSPS) is 11.5. The second kappa shape index (κ2) is 9.13. The summed E-state index contributed by atoms with van der Waals surface area (Å²) in [6.45, 7) is 1.81. The van der Waals surface area contributed by atoms with Gasteiger partial charge in [0.15, 0.2) is 0 Å². The van der Waals surface area contributed by atoms with E-state index in [0.29, 0.717) is 22.5 Å². The lowest BCUT2D eigenvalue weighted by molar-refractivity contribution is -0.146. The molecule has 0 aliphatic rings. The van der Waals surface area contributed by atoms with Crippen LogP contribution in [0, 0.1) is 6.92 Å². The van der Waals surface area contributed by atoms with Crippen molar-refractivity contribution in [3.05, 3.63) is 89.6 Å². The minimum atomic E-state index is -4.59. The van der Waals surface area contributed by atoms with Gasteiger partial charge in [-0.2, -0.15) is 13.2 Å². The maximum absolute atomic E-state index is 13.2. The fourth-order valence-electron chi connectivity index (χ4n) is 3.99. The Morgan fingerprint density at radius 1 is 1.06 bits per heavy atom. The van der Waals surface area contributed by atoms with E-state index >= 15 is 0 Å². The van der Waals surface area contributed by atoms with Gasteiger partial charge in [-0.25, -0.2) is 4.98 Å². The lowest BCUT2D eigenvalue weighted by Crippen LogP contribution is -2.13. The van der Waals surface area contributed by atoms with Crippen LogP contribution < -0.4 is 5.73 Å². The molecular formula is C25H21F3N4O3. The number of imidazole rings is 1. The molecule has 0 spiro atoms. The summed E-state index contributed by atoms with van der Waals surface area (Å²) >= 11 is 0. The Bertz CT molecular complexity index is 1400. The number of aromatic nitrogens is 3. The molecule has 0 saturated heterocycles. The summed E-state index contributed by atoms with van der Waals surface area (Å²) in [4.78, 5) is 26.2. The van der Waals surface area contributed by atoms with Gasteiger partial charge in [0.1, 0.15) is 0 Å². The monoisotopic (exact) mass is 482 g/mol. The SMILES string of the molecule is Cc1cc(C(N)=O)ccc1-n1c(CCC(=O)O)ccc1-c1ccc(-n2ccnc2C(F)(F)F)cc1. The van der Waals surface area contributed by atoms with E-state index in [0.717, 1.165) is 27.7 Å². The Hall–Kier alpha value is -4.34. The average Bonchev–Trinajstić information content (AvgIpc) is 3.45. The molecule has 0 atom stereocenters. The molecule has 1 amide bonds. The van der Waals surface area contributed by atoms with Gasteiger partial charge >= 0.3 is 12.1 Å². The van der Waals surface area contributed by atoms with Crippen LogP contribution in [-0.2, 0) is 17.4 Å². The molecular weight excluding hydrogens is 461 g/mol. The lowest BCUT2D eigenvalue weighted by atomic mass is 10.1. The summed E-state index contributed by atoms with van der Waals surface area (Å²) < 4.78 is 42.6. The van der Waals surface area contributed by atoms with Crippen molar-refractivity contribution < 1.29 is 27.9 Å². The molecule has 4 rings (SSSR count). The molecule has 2 aromatic heterocycles. The maximum atomic E-state index is 13.2. The molecule has 180 valence electrons. The summed E-state index contributed by atoms with van der Waals surface area (Å²) in [5.41, 5.74) is 9.67. The first-order chi connectivity index (χ1) is 16.6. The number of amides is 1. The molecule has 35 heavy (non-hydrogen) atoms. The third-order valence-corrected chi connectivity index (χ3v) is 5.61. The number of carbonyl (C=O) groups is 2. The fraction of sp³-hybridized carbons (Fsp3) is 0.160. The minimum absolute atomic E-state index is 0.0817. The van der Waals surface area contributed by atoms with Crippen LogP contribution in [0.15, 0.2) is 67.0 Å². The van der Waals surface area contributed by atoms with Gasteiger partial charge in [-0.3, -0.25) is 14.2 Å². The lowest BCUT2D eigenvalue weighted by Gasteiger charge is -2.17. The zero-order valence-corrected chi connectivity index (χ0v) is 18.6. The van der Waals surface area contributed by atoms with Crippen molar-refractivity contribution >= 4 is 11.9 Å². The number of aryl methyl sites for hydroxylation is 2. The average molecular weight is 482 g/mol. The number of hydrogen-bond donors (Lipinski definition) is 2. The molecule has 4 aromatic rings. The van der Waals surface area contributed by atoms with Gasteiger partial charge in [-0.05, 0) is 66.9 Å². The fourth-order valence-corrected chi connectivity index (χ4v) is 3.99. The Morgan fingerprint density at radius 2 is 1.77 bits per heavy atom. The van der Waals surface area contributed by atoms with E-state index in [1.165, 1.54) is 6.20 Å².